The van der Waals surface area contributed by atoms with E-state index in [0.717, 1.165) is 18.2 Å². The molecule has 0 unspecified atom stereocenters. The summed E-state index contributed by atoms with van der Waals surface area (Å²) >= 11 is 0. The summed E-state index contributed by atoms with van der Waals surface area (Å²) in [6.45, 7) is 0.916. The van der Waals surface area contributed by atoms with Gasteiger partial charge in [-0.3, -0.25) is 19.3 Å². The summed E-state index contributed by atoms with van der Waals surface area (Å²) in [5.74, 6) is -0.931. The number of anilines is 1. The number of amides is 3. The smallest absolute Gasteiger partial charge is 0.291 e. The van der Waals surface area contributed by atoms with Gasteiger partial charge >= 0.3 is 0 Å². The maximum atomic E-state index is 12.7. The van der Waals surface area contributed by atoms with Gasteiger partial charge in [-0.25, -0.2) is 0 Å². The van der Waals surface area contributed by atoms with E-state index >= 15 is 0 Å². The molecule has 0 aliphatic carbocycles. The van der Waals surface area contributed by atoms with E-state index in [9.17, 15) is 14.4 Å². The minimum atomic E-state index is -0.422. The van der Waals surface area contributed by atoms with Gasteiger partial charge in [0.05, 0.1) is 23.8 Å². The van der Waals surface area contributed by atoms with Crippen LogP contribution in [0.1, 0.15) is 44.1 Å². The number of hydrogen-bond acceptors (Lipinski definition) is 5. The van der Waals surface area contributed by atoms with Crippen LogP contribution >= 0.6 is 0 Å². The Hall–Kier alpha value is -3.45. The van der Waals surface area contributed by atoms with Crippen LogP contribution in [0.25, 0.3) is 11.0 Å². The van der Waals surface area contributed by atoms with Crippen molar-refractivity contribution in [1.82, 2.24) is 4.90 Å². The summed E-state index contributed by atoms with van der Waals surface area (Å²) in [5.41, 5.74) is 1.68. The first-order chi connectivity index (χ1) is 14.1. The average Bonchev–Trinajstić information content (AvgIpc) is 3.44. The summed E-state index contributed by atoms with van der Waals surface area (Å²) in [4.78, 5) is 39.1. The minimum absolute atomic E-state index is 0.107. The van der Waals surface area contributed by atoms with Crippen LogP contribution in [0.5, 0.6) is 0 Å². The third kappa shape index (κ3) is 3.09. The highest BCUT2D eigenvalue weighted by atomic mass is 16.5. The van der Waals surface area contributed by atoms with Crippen LogP contribution in [0, 0.1) is 0 Å². The van der Waals surface area contributed by atoms with E-state index in [4.69, 9.17) is 9.15 Å². The highest BCUT2D eigenvalue weighted by Gasteiger charge is 2.37. The zero-order valence-electron chi connectivity index (χ0n) is 15.5. The van der Waals surface area contributed by atoms with Crippen LogP contribution in [0.4, 0.5) is 5.69 Å². The van der Waals surface area contributed by atoms with Crippen molar-refractivity contribution in [2.24, 2.45) is 0 Å². The molecule has 29 heavy (non-hydrogen) atoms. The zero-order chi connectivity index (χ0) is 20.0. The van der Waals surface area contributed by atoms with Crippen molar-refractivity contribution in [1.29, 1.82) is 0 Å². The SMILES string of the molecule is O=C(Nc1ccc2c(c1)C(=O)N(C[C@@H]1CCCO1)C2=O)c1cc2ccccc2o1. The second kappa shape index (κ2) is 6.86. The first-order valence-electron chi connectivity index (χ1n) is 9.52. The quantitative estimate of drug-likeness (QED) is 0.689. The molecule has 7 heteroatoms. The van der Waals surface area contributed by atoms with E-state index < -0.39 is 5.91 Å². The topological polar surface area (TPSA) is 88.9 Å². The predicted octanol–water partition coefficient (Wildman–Crippen LogP) is 3.46. The Bertz CT molecular complexity index is 1110. The molecule has 2 aromatic carbocycles. The maximum absolute atomic E-state index is 12.7. The number of ether oxygens (including phenoxy) is 1. The van der Waals surface area contributed by atoms with Crippen molar-refractivity contribution in [3.8, 4) is 0 Å². The van der Waals surface area contributed by atoms with Gasteiger partial charge < -0.3 is 14.5 Å². The lowest BCUT2D eigenvalue weighted by molar-refractivity contribution is 0.0475. The van der Waals surface area contributed by atoms with E-state index in [1.165, 1.54) is 11.0 Å². The summed E-state index contributed by atoms with van der Waals surface area (Å²) in [6.07, 6.45) is 1.67. The normalized spacial score (nSPS) is 18.5. The van der Waals surface area contributed by atoms with Crippen LogP contribution in [0.15, 0.2) is 52.9 Å². The molecule has 3 amide bonds. The molecule has 5 rings (SSSR count). The second-order valence-electron chi connectivity index (χ2n) is 7.22. The summed E-state index contributed by atoms with van der Waals surface area (Å²) in [7, 11) is 0. The van der Waals surface area contributed by atoms with Gasteiger partial charge in [-0.1, -0.05) is 18.2 Å². The summed E-state index contributed by atoms with van der Waals surface area (Å²) in [6, 6.07) is 13.7. The number of carbonyl (C=O) groups is 3. The fourth-order valence-corrected chi connectivity index (χ4v) is 3.81. The molecule has 1 saturated heterocycles. The number of nitrogens with zero attached hydrogens (tertiary/aromatic N) is 1. The van der Waals surface area contributed by atoms with Gasteiger partial charge in [0.15, 0.2) is 5.76 Å². The fourth-order valence-electron chi connectivity index (χ4n) is 3.81. The van der Waals surface area contributed by atoms with Gasteiger partial charge in [0.25, 0.3) is 17.7 Å². The molecule has 0 bridgehead atoms. The highest BCUT2D eigenvalue weighted by molar-refractivity contribution is 6.22. The second-order valence-corrected chi connectivity index (χ2v) is 7.22. The number of furan rings is 1. The Morgan fingerprint density at radius 1 is 1.07 bits per heavy atom. The van der Waals surface area contributed by atoms with Crippen LogP contribution in [0.2, 0.25) is 0 Å². The number of carbonyl (C=O) groups excluding carboxylic acids is 3. The summed E-state index contributed by atoms with van der Waals surface area (Å²) < 4.78 is 11.1. The molecule has 1 atom stereocenters. The number of para-hydroxylation sites is 1. The molecule has 2 aliphatic heterocycles. The van der Waals surface area contributed by atoms with Crippen LogP contribution in [-0.4, -0.2) is 41.9 Å². The third-order valence-electron chi connectivity index (χ3n) is 5.29. The third-order valence-corrected chi connectivity index (χ3v) is 5.29. The molecular formula is C22H18N2O5. The Balaban J connectivity index is 1.36. The molecule has 2 aliphatic rings. The number of hydrogen-bond donors (Lipinski definition) is 1. The number of benzene rings is 2. The molecule has 1 aromatic heterocycles. The number of imide groups is 1. The van der Waals surface area contributed by atoms with Gasteiger partial charge in [0.1, 0.15) is 5.58 Å². The average molecular weight is 390 g/mol. The summed E-state index contributed by atoms with van der Waals surface area (Å²) in [5, 5.41) is 3.56. The van der Waals surface area contributed by atoms with Crippen LogP contribution in [0.3, 0.4) is 0 Å². The molecule has 3 heterocycles. The Kier molecular flexibility index (Phi) is 4.17. The fraction of sp³-hybridized carbons (Fsp3) is 0.227. The van der Waals surface area contributed by atoms with E-state index in [1.807, 2.05) is 18.2 Å². The molecule has 0 saturated carbocycles. The van der Waals surface area contributed by atoms with Gasteiger partial charge in [-0.2, -0.15) is 0 Å². The Morgan fingerprint density at radius 2 is 1.90 bits per heavy atom. The lowest BCUT2D eigenvalue weighted by atomic mass is 10.1. The van der Waals surface area contributed by atoms with Crippen molar-refractivity contribution >= 4 is 34.4 Å². The van der Waals surface area contributed by atoms with Crippen molar-refractivity contribution in [3.05, 3.63) is 65.4 Å². The van der Waals surface area contributed by atoms with Gasteiger partial charge in [0.2, 0.25) is 0 Å². The number of rotatable bonds is 4. The predicted molar refractivity (Wildman–Crippen MR) is 105 cm³/mol. The lowest BCUT2D eigenvalue weighted by Crippen LogP contribution is -2.36. The first-order valence-corrected chi connectivity index (χ1v) is 9.52. The molecular weight excluding hydrogens is 372 g/mol. The van der Waals surface area contributed by atoms with Gasteiger partial charge in [-0.05, 0) is 43.2 Å². The monoisotopic (exact) mass is 390 g/mol. The van der Waals surface area contributed by atoms with Gasteiger partial charge in [-0.15, -0.1) is 0 Å². The first kappa shape index (κ1) is 17.6. The Morgan fingerprint density at radius 3 is 2.69 bits per heavy atom. The van der Waals surface area contributed by atoms with E-state index in [0.29, 0.717) is 23.4 Å². The van der Waals surface area contributed by atoms with Crippen LogP contribution in [-0.2, 0) is 4.74 Å². The lowest BCUT2D eigenvalue weighted by Gasteiger charge is -2.17. The largest absolute Gasteiger partial charge is 0.451 e. The molecule has 0 spiro atoms. The van der Waals surface area contributed by atoms with Crippen molar-refractivity contribution in [2.75, 3.05) is 18.5 Å². The number of nitrogens with one attached hydrogen (secondary N) is 1. The molecule has 0 radical (unpaired) electrons. The standard InChI is InChI=1S/C22H18N2O5/c25-20(19-10-13-4-1-2-6-18(13)29-19)23-14-7-8-16-17(11-14)22(27)24(21(16)26)12-15-5-3-9-28-15/h1-2,4,6-8,10-11,15H,3,5,9,12H2,(H,23,25)/t15-/m0/s1. The van der Waals surface area contributed by atoms with Crippen LogP contribution < -0.4 is 5.32 Å². The minimum Gasteiger partial charge on any atom is -0.451 e. The van der Waals surface area contributed by atoms with E-state index in [-0.39, 0.29) is 35.8 Å². The molecule has 1 N–H and O–H groups in total. The molecule has 7 nitrogen and oxygen atoms in total. The molecule has 3 aromatic rings. The van der Waals surface area contributed by atoms with Crippen molar-refractivity contribution in [3.63, 3.8) is 0 Å². The van der Waals surface area contributed by atoms with Crippen molar-refractivity contribution in [2.45, 2.75) is 18.9 Å². The van der Waals surface area contributed by atoms with E-state index in [2.05, 4.69) is 5.32 Å². The number of fused-ring (bicyclic) bond motifs is 2. The zero-order valence-corrected chi connectivity index (χ0v) is 15.5. The Labute approximate surface area is 166 Å². The van der Waals surface area contributed by atoms with E-state index in [1.54, 1.807) is 24.3 Å². The van der Waals surface area contributed by atoms with Crippen molar-refractivity contribution < 1.29 is 23.5 Å². The maximum Gasteiger partial charge on any atom is 0.291 e. The molecule has 146 valence electrons. The highest BCUT2D eigenvalue weighted by Crippen LogP contribution is 2.28. The van der Waals surface area contributed by atoms with Gasteiger partial charge in [0, 0.05) is 17.7 Å². The molecule has 1 fully saturated rings.